The van der Waals surface area contributed by atoms with Crippen LogP contribution in [-0.4, -0.2) is 17.0 Å². The SMILES string of the molecule is CNc1cc(NC(c2cccs2)C(C)C)ncn1. The lowest BCUT2D eigenvalue weighted by Crippen LogP contribution is -2.16. The van der Waals surface area contributed by atoms with E-state index in [1.54, 1.807) is 17.7 Å². The Morgan fingerprint density at radius 1 is 1.22 bits per heavy atom. The third-order valence-corrected chi connectivity index (χ3v) is 3.70. The topological polar surface area (TPSA) is 49.8 Å². The minimum atomic E-state index is 0.282. The summed E-state index contributed by atoms with van der Waals surface area (Å²) in [6.45, 7) is 4.41. The van der Waals surface area contributed by atoms with Crippen LogP contribution in [0, 0.1) is 5.92 Å². The van der Waals surface area contributed by atoms with Crippen LogP contribution < -0.4 is 10.6 Å². The van der Waals surface area contributed by atoms with Gasteiger partial charge in [0.1, 0.15) is 18.0 Å². The molecule has 1 unspecified atom stereocenters. The highest BCUT2D eigenvalue weighted by atomic mass is 32.1. The molecule has 2 aromatic heterocycles. The number of nitrogens with one attached hydrogen (secondary N) is 2. The van der Waals surface area contributed by atoms with Crippen molar-refractivity contribution in [2.45, 2.75) is 19.9 Å². The molecule has 0 aliphatic carbocycles. The first-order chi connectivity index (χ1) is 8.70. The van der Waals surface area contributed by atoms with Gasteiger partial charge in [0.25, 0.3) is 0 Å². The van der Waals surface area contributed by atoms with Crippen molar-refractivity contribution in [1.29, 1.82) is 0 Å². The molecule has 96 valence electrons. The van der Waals surface area contributed by atoms with Gasteiger partial charge >= 0.3 is 0 Å². The molecule has 0 spiro atoms. The summed E-state index contributed by atoms with van der Waals surface area (Å²) in [6, 6.07) is 6.44. The van der Waals surface area contributed by atoms with Gasteiger partial charge in [-0.2, -0.15) is 0 Å². The van der Waals surface area contributed by atoms with E-state index in [0.29, 0.717) is 5.92 Å². The van der Waals surface area contributed by atoms with E-state index in [2.05, 4.69) is 52.0 Å². The molecule has 0 amide bonds. The summed E-state index contributed by atoms with van der Waals surface area (Å²) in [5.74, 6) is 2.17. The summed E-state index contributed by atoms with van der Waals surface area (Å²) in [6.07, 6.45) is 1.57. The van der Waals surface area contributed by atoms with Gasteiger partial charge in [-0.25, -0.2) is 9.97 Å². The second-order valence-electron chi connectivity index (χ2n) is 4.42. The van der Waals surface area contributed by atoms with Crippen LogP contribution in [0.2, 0.25) is 0 Å². The monoisotopic (exact) mass is 262 g/mol. The lowest BCUT2D eigenvalue weighted by Gasteiger charge is -2.21. The normalized spacial score (nSPS) is 12.4. The summed E-state index contributed by atoms with van der Waals surface area (Å²) >= 11 is 1.77. The van der Waals surface area contributed by atoms with Crippen molar-refractivity contribution < 1.29 is 0 Å². The predicted molar refractivity (Wildman–Crippen MR) is 77.1 cm³/mol. The maximum Gasteiger partial charge on any atom is 0.131 e. The fourth-order valence-corrected chi connectivity index (χ4v) is 2.72. The van der Waals surface area contributed by atoms with Crippen molar-refractivity contribution in [3.05, 3.63) is 34.8 Å². The number of aromatic nitrogens is 2. The van der Waals surface area contributed by atoms with Gasteiger partial charge in [0.05, 0.1) is 6.04 Å². The van der Waals surface area contributed by atoms with Crippen molar-refractivity contribution in [3.8, 4) is 0 Å². The fraction of sp³-hybridized carbons (Fsp3) is 0.385. The van der Waals surface area contributed by atoms with Crippen molar-refractivity contribution in [3.63, 3.8) is 0 Å². The molecule has 0 saturated heterocycles. The van der Waals surface area contributed by atoms with Crippen LogP contribution >= 0.6 is 11.3 Å². The first-order valence-electron chi connectivity index (χ1n) is 6.00. The van der Waals surface area contributed by atoms with Crippen LogP contribution in [0.3, 0.4) is 0 Å². The molecule has 0 bridgehead atoms. The Labute approximate surface area is 111 Å². The van der Waals surface area contributed by atoms with Crippen LogP contribution in [0.1, 0.15) is 24.8 Å². The highest BCUT2D eigenvalue weighted by molar-refractivity contribution is 7.10. The predicted octanol–water partition coefficient (Wildman–Crippen LogP) is 3.39. The molecule has 1 atom stereocenters. The molecule has 0 aromatic carbocycles. The van der Waals surface area contributed by atoms with Crippen molar-refractivity contribution in [2.75, 3.05) is 17.7 Å². The zero-order valence-corrected chi connectivity index (χ0v) is 11.7. The number of nitrogens with zero attached hydrogens (tertiary/aromatic N) is 2. The number of anilines is 2. The largest absolute Gasteiger partial charge is 0.373 e. The molecule has 18 heavy (non-hydrogen) atoms. The number of hydrogen-bond donors (Lipinski definition) is 2. The Morgan fingerprint density at radius 2 is 2.00 bits per heavy atom. The summed E-state index contributed by atoms with van der Waals surface area (Å²) < 4.78 is 0. The number of rotatable bonds is 5. The van der Waals surface area contributed by atoms with Gasteiger partial charge in [0, 0.05) is 18.0 Å². The van der Waals surface area contributed by atoms with E-state index >= 15 is 0 Å². The molecule has 0 fully saturated rings. The molecule has 0 aliphatic heterocycles. The molecule has 2 heterocycles. The highest BCUT2D eigenvalue weighted by Gasteiger charge is 2.17. The molecule has 4 nitrogen and oxygen atoms in total. The molecular weight excluding hydrogens is 244 g/mol. The minimum Gasteiger partial charge on any atom is -0.373 e. The minimum absolute atomic E-state index is 0.282. The quantitative estimate of drug-likeness (QED) is 0.867. The Hall–Kier alpha value is -1.62. The summed E-state index contributed by atoms with van der Waals surface area (Å²) in [7, 11) is 1.85. The Morgan fingerprint density at radius 3 is 2.61 bits per heavy atom. The maximum absolute atomic E-state index is 4.26. The van der Waals surface area contributed by atoms with E-state index in [0.717, 1.165) is 11.6 Å². The standard InChI is InChI=1S/C13H18N4S/c1-9(2)13(10-5-4-6-18-10)17-12-7-11(14-3)15-8-16-12/h4-9,13H,1-3H3,(H2,14,15,16,17). The highest BCUT2D eigenvalue weighted by Crippen LogP contribution is 2.29. The van der Waals surface area contributed by atoms with Gasteiger partial charge in [-0.1, -0.05) is 19.9 Å². The van der Waals surface area contributed by atoms with Gasteiger partial charge < -0.3 is 10.6 Å². The third-order valence-electron chi connectivity index (χ3n) is 2.74. The zero-order valence-electron chi connectivity index (χ0n) is 10.8. The van der Waals surface area contributed by atoms with Crippen LogP contribution in [0.5, 0.6) is 0 Å². The van der Waals surface area contributed by atoms with Crippen molar-refractivity contribution in [2.24, 2.45) is 5.92 Å². The Bertz CT molecular complexity index is 481. The van der Waals surface area contributed by atoms with E-state index in [9.17, 15) is 0 Å². The first-order valence-corrected chi connectivity index (χ1v) is 6.88. The van der Waals surface area contributed by atoms with E-state index in [4.69, 9.17) is 0 Å². The van der Waals surface area contributed by atoms with Gasteiger partial charge in [0.15, 0.2) is 0 Å². The van der Waals surface area contributed by atoms with Crippen LogP contribution in [0.4, 0.5) is 11.6 Å². The van der Waals surface area contributed by atoms with Crippen molar-refractivity contribution >= 4 is 23.0 Å². The Kier molecular flexibility index (Phi) is 4.15. The van der Waals surface area contributed by atoms with Crippen LogP contribution in [-0.2, 0) is 0 Å². The maximum atomic E-state index is 4.26. The average molecular weight is 262 g/mol. The Balaban J connectivity index is 2.18. The molecule has 2 rings (SSSR count). The molecule has 2 aromatic rings. The fourth-order valence-electron chi connectivity index (χ4n) is 1.77. The van der Waals surface area contributed by atoms with Crippen LogP contribution in [0.25, 0.3) is 0 Å². The van der Waals surface area contributed by atoms with Gasteiger partial charge in [0.2, 0.25) is 0 Å². The molecule has 0 saturated carbocycles. The van der Waals surface area contributed by atoms with Gasteiger partial charge in [-0.3, -0.25) is 0 Å². The number of thiophene rings is 1. The molecular formula is C13H18N4S. The summed E-state index contributed by atoms with van der Waals surface area (Å²) in [4.78, 5) is 9.70. The summed E-state index contributed by atoms with van der Waals surface area (Å²) in [5, 5.41) is 8.59. The molecule has 0 radical (unpaired) electrons. The lowest BCUT2D eigenvalue weighted by atomic mass is 10.0. The molecule has 5 heteroatoms. The van der Waals surface area contributed by atoms with Gasteiger partial charge in [-0.05, 0) is 17.4 Å². The van der Waals surface area contributed by atoms with E-state index in [1.165, 1.54) is 4.88 Å². The van der Waals surface area contributed by atoms with Crippen LogP contribution in [0.15, 0.2) is 29.9 Å². The van der Waals surface area contributed by atoms with Crippen molar-refractivity contribution in [1.82, 2.24) is 9.97 Å². The van der Waals surface area contributed by atoms with E-state index in [-0.39, 0.29) is 6.04 Å². The lowest BCUT2D eigenvalue weighted by molar-refractivity contribution is 0.552. The smallest absolute Gasteiger partial charge is 0.131 e. The van der Waals surface area contributed by atoms with E-state index in [1.807, 2.05) is 13.1 Å². The number of hydrogen-bond acceptors (Lipinski definition) is 5. The summed E-state index contributed by atoms with van der Waals surface area (Å²) in [5.41, 5.74) is 0. The first kappa shape index (κ1) is 12.8. The molecule has 0 aliphatic rings. The second kappa shape index (κ2) is 5.82. The van der Waals surface area contributed by atoms with E-state index < -0.39 is 0 Å². The average Bonchev–Trinajstić information content (AvgIpc) is 2.89. The molecule has 2 N–H and O–H groups in total. The third kappa shape index (κ3) is 2.98. The zero-order chi connectivity index (χ0) is 13.0. The second-order valence-corrected chi connectivity index (χ2v) is 5.40. The van der Waals surface area contributed by atoms with Gasteiger partial charge in [-0.15, -0.1) is 11.3 Å².